The molecule has 1 fully saturated rings. The lowest BCUT2D eigenvalue weighted by atomic mass is 10.1. The molecule has 0 saturated carbocycles. The third-order valence-electron chi connectivity index (χ3n) is 4.95. The Labute approximate surface area is 179 Å². The predicted molar refractivity (Wildman–Crippen MR) is 117 cm³/mol. The number of piperazine rings is 1. The summed E-state index contributed by atoms with van der Waals surface area (Å²) in [5.41, 5.74) is 2.52. The maximum Gasteiger partial charge on any atom is 0.254 e. The number of hydrogen-bond acceptors (Lipinski definition) is 4. The number of carbonyl (C=O) groups excluding carboxylic acids is 1. The van der Waals surface area contributed by atoms with Crippen molar-refractivity contribution in [1.82, 2.24) is 14.9 Å². The van der Waals surface area contributed by atoms with Gasteiger partial charge in [-0.25, -0.2) is 9.97 Å². The zero-order valence-corrected chi connectivity index (χ0v) is 17.5. The van der Waals surface area contributed by atoms with Crippen LogP contribution in [0.2, 0.25) is 10.0 Å². The van der Waals surface area contributed by atoms with Gasteiger partial charge in [-0.15, -0.1) is 0 Å². The van der Waals surface area contributed by atoms with E-state index >= 15 is 0 Å². The molecular formula is C22H20Cl2N4O. The van der Waals surface area contributed by atoms with Crippen LogP contribution in [0.1, 0.15) is 16.2 Å². The highest BCUT2D eigenvalue weighted by molar-refractivity contribution is 6.42. The van der Waals surface area contributed by atoms with Gasteiger partial charge in [-0.3, -0.25) is 4.79 Å². The number of anilines is 1. The van der Waals surface area contributed by atoms with Crippen LogP contribution in [0.3, 0.4) is 0 Å². The fraction of sp³-hybridized carbons (Fsp3) is 0.227. The van der Waals surface area contributed by atoms with Crippen LogP contribution in [-0.4, -0.2) is 47.0 Å². The number of aryl methyl sites for hydroxylation is 1. The maximum atomic E-state index is 12.8. The van der Waals surface area contributed by atoms with Gasteiger partial charge in [0.15, 0.2) is 0 Å². The summed E-state index contributed by atoms with van der Waals surface area (Å²) in [4.78, 5) is 26.0. The van der Waals surface area contributed by atoms with E-state index in [1.54, 1.807) is 18.2 Å². The van der Waals surface area contributed by atoms with E-state index in [0.717, 1.165) is 22.9 Å². The number of benzene rings is 2. The molecule has 0 aliphatic carbocycles. The minimum atomic E-state index is -0.0351. The van der Waals surface area contributed by atoms with E-state index in [9.17, 15) is 4.79 Å². The Hall–Kier alpha value is -2.63. The number of carbonyl (C=O) groups is 1. The van der Waals surface area contributed by atoms with Crippen LogP contribution in [0.25, 0.3) is 11.3 Å². The van der Waals surface area contributed by atoms with E-state index in [1.807, 2.05) is 48.2 Å². The molecular weight excluding hydrogens is 407 g/mol. The van der Waals surface area contributed by atoms with Crippen molar-refractivity contribution in [1.29, 1.82) is 0 Å². The van der Waals surface area contributed by atoms with Crippen molar-refractivity contribution >= 4 is 34.9 Å². The summed E-state index contributed by atoms with van der Waals surface area (Å²) in [6, 6.07) is 17.1. The zero-order valence-electron chi connectivity index (χ0n) is 16.0. The fourth-order valence-corrected chi connectivity index (χ4v) is 3.72. The number of rotatable bonds is 3. The van der Waals surface area contributed by atoms with Gasteiger partial charge in [-0.2, -0.15) is 0 Å². The Kier molecular flexibility index (Phi) is 5.69. The van der Waals surface area contributed by atoms with Gasteiger partial charge in [0, 0.05) is 43.4 Å². The van der Waals surface area contributed by atoms with Crippen molar-refractivity contribution in [2.24, 2.45) is 0 Å². The molecule has 1 aliphatic heterocycles. The molecule has 5 nitrogen and oxygen atoms in total. The Bertz CT molecular complexity index is 1030. The fourth-order valence-electron chi connectivity index (χ4n) is 3.42. The normalized spacial score (nSPS) is 14.2. The van der Waals surface area contributed by atoms with Crippen LogP contribution in [0.5, 0.6) is 0 Å². The predicted octanol–water partition coefficient (Wildman–Crippen LogP) is 4.72. The highest BCUT2D eigenvalue weighted by Crippen LogP contribution is 2.25. The summed E-state index contributed by atoms with van der Waals surface area (Å²) in [6.45, 7) is 4.54. The van der Waals surface area contributed by atoms with Crippen molar-refractivity contribution in [3.05, 3.63) is 76.0 Å². The Morgan fingerprint density at radius 3 is 2.31 bits per heavy atom. The summed E-state index contributed by atoms with van der Waals surface area (Å²) in [7, 11) is 0. The lowest BCUT2D eigenvalue weighted by molar-refractivity contribution is 0.0746. The first-order valence-corrected chi connectivity index (χ1v) is 10.2. The van der Waals surface area contributed by atoms with Gasteiger partial charge in [0.2, 0.25) is 0 Å². The molecule has 7 heteroatoms. The lowest BCUT2D eigenvalue weighted by Gasteiger charge is -2.35. The third-order valence-corrected chi connectivity index (χ3v) is 5.69. The number of nitrogens with zero attached hydrogens (tertiary/aromatic N) is 4. The summed E-state index contributed by atoms with van der Waals surface area (Å²) >= 11 is 12.0. The first-order chi connectivity index (χ1) is 14.0. The molecule has 0 atom stereocenters. The quantitative estimate of drug-likeness (QED) is 0.607. The van der Waals surface area contributed by atoms with E-state index in [0.29, 0.717) is 41.8 Å². The van der Waals surface area contributed by atoms with Crippen LogP contribution >= 0.6 is 23.2 Å². The molecule has 2 heterocycles. The monoisotopic (exact) mass is 426 g/mol. The molecule has 29 heavy (non-hydrogen) atoms. The molecule has 1 saturated heterocycles. The molecule has 3 aromatic rings. The van der Waals surface area contributed by atoms with Gasteiger partial charge >= 0.3 is 0 Å². The molecule has 0 N–H and O–H groups in total. The standard InChI is InChI=1S/C22H20Cl2N4O/c1-15-25-20(16-5-3-2-4-6-16)14-21(26-15)27-9-11-28(12-10-27)22(29)17-7-8-18(23)19(24)13-17/h2-8,13-14H,9-12H2,1H3. The smallest absolute Gasteiger partial charge is 0.254 e. The summed E-state index contributed by atoms with van der Waals surface area (Å²) in [6.07, 6.45) is 0. The average molecular weight is 427 g/mol. The van der Waals surface area contributed by atoms with Gasteiger partial charge in [-0.1, -0.05) is 53.5 Å². The van der Waals surface area contributed by atoms with Crippen LogP contribution in [0, 0.1) is 6.92 Å². The van der Waals surface area contributed by atoms with Crippen molar-refractivity contribution in [2.75, 3.05) is 31.1 Å². The molecule has 1 amide bonds. The lowest BCUT2D eigenvalue weighted by Crippen LogP contribution is -2.49. The van der Waals surface area contributed by atoms with Crippen molar-refractivity contribution in [2.45, 2.75) is 6.92 Å². The second-order valence-electron chi connectivity index (χ2n) is 6.93. The van der Waals surface area contributed by atoms with Crippen LogP contribution < -0.4 is 4.90 Å². The van der Waals surface area contributed by atoms with Gasteiger partial charge < -0.3 is 9.80 Å². The summed E-state index contributed by atoms with van der Waals surface area (Å²) in [5, 5.41) is 0.836. The average Bonchev–Trinajstić information content (AvgIpc) is 2.75. The minimum Gasteiger partial charge on any atom is -0.353 e. The van der Waals surface area contributed by atoms with E-state index < -0.39 is 0 Å². The highest BCUT2D eigenvalue weighted by atomic mass is 35.5. The topological polar surface area (TPSA) is 49.3 Å². The van der Waals surface area contributed by atoms with Crippen molar-refractivity contribution in [3.63, 3.8) is 0 Å². The minimum absolute atomic E-state index is 0.0351. The largest absolute Gasteiger partial charge is 0.353 e. The first kappa shape index (κ1) is 19.7. The molecule has 1 aliphatic rings. The highest BCUT2D eigenvalue weighted by Gasteiger charge is 2.24. The van der Waals surface area contributed by atoms with Crippen molar-refractivity contribution < 1.29 is 4.79 Å². The van der Waals surface area contributed by atoms with Crippen LogP contribution in [0.15, 0.2) is 54.6 Å². The van der Waals surface area contributed by atoms with Gasteiger partial charge in [0.1, 0.15) is 11.6 Å². The molecule has 0 unspecified atom stereocenters. The van der Waals surface area contributed by atoms with E-state index in [2.05, 4.69) is 14.9 Å². The zero-order chi connectivity index (χ0) is 20.4. The second-order valence-corrected chi connectivity index (χ2v) is 7.75. The summed E-state index contributed by atoms with van der Waals surface area (Å²) in [5.74, 6) is 1.58. The van der Waals surface area contributed by atoms with Crippen LogP contribution in [-0.2, 0) is 0 Å². The van der Waals surface area contributed by atoms with Crippen LogP contribution in [0.4, 0.5) is 5.82 Å². The Balaban J connectivity index is 1.48. The van der Waals surface area contributed by atoms with Gasteiger partial charge in [0.05, 0.1) is 15.7 Å². The maximum absolute atomic E-state index is 12.8. The van der Waals surface area contributed by atoms with Crippen molar-refractivity contribution in [3.8, 4) is 11.3 Å². The molecule has 0 radical (unpaired) electrons. The van der Waals surface area contributed by atoms with Gasteiger partial charge in [-0.05, 0) is 25.1 Å². The number of amides is 1. The Morgan fingerprint density at radius 1 is 0.897 bits per heavy atom. The Morgan fingerprint density at radius 2 is 1.62 bits per heavy atom. The van der Waals surface area contributed by atoms with E-state index in [4.69, 9.17) is 23.2 Å². The summed E-state index contributed by atoms with van der Waals surface area (Å²) < 4.78 is 0. The third kappa shape index (κ3) is 4.36. The first-order valence-electron chi connectivity index (χ1n) is 9.41. The SMILES string of the molecule is Cc1nc(-c2ccccc2)cc(N2CCN(C(=O)c3ccc(Cl)c(Cl)c3)CC2)n1. The molecule has 0 bridgehead atoms. The van der Waals surface area contributed by atoms with E-state index in [-0.39, 0.29) is 5.91 Å². The number of aromatic nitrogens is 2. The number of halogens is 2. The molecule has 2 aromatic carbocycles. The molecule has 0 spiro atoms. The second kappa shape index (κ2) is 8.39. The van der Waals surface area contributed by atoms with E-state index in [1.165, 1.54) is 0 Å². The van der Waals surface area contributed by atoms with Gasteiger partial charge in [0.25, 0.3) is 5.91 Å². The molecule has 148 valence electrons. The number of hydrogen-bond donors (Lipinski definition) is 0. The molecule has 1 aromatic heterocycles. The molecule has 4 rings (SSSR count).